The zero-order chi connectivity index (χ0) is 20.6. The number of aliphatic imine (C=N–C) groups is 1. The highest BCUT2D eigenvalue weighted by molar-refractivity contribution is 6.07. The molecule has 1 aromatic heterocycles. The summed E-state index contributed by atoms with van der Waals surface area (Å²) in [6.45, 7) is 2.28. The van der Waals surface area contributed by atoms with Gasteiger partial charge in [0, 0.05) is 12.2 Å². The van der Waals surface area contributed by atoms with Gasteiger partial charge in [0.1, 0.15) is 5.69 Å². The number of benzene rings is 1. The Balaban J connectivity index is 2.18. The van der Waals surface area contributed by atoms with Crippen molar-refractivity contribution >= 4 is 17.5 Å². The topological polar surface area (TPSA) is 144 Å². The quantitative estimate of drug-likeness (QED) is 0.197. The van der Waals surface area contributed by atoms with Crippen molar-refractivity contribution in [3.05, 3.63) is 41.2 Å². The number of oxime groups is 1. The Bertz CT molecular complexity index is 901. The van der Waals surface area contributed by atoms with Crippen LogP contribution in [0.2, 0.25) is 0 Å². The highest BCUT2D eigenvalue weighted by Crippen LogP contribution is 2.30. The van der Waals surface area contributed by atoms with Gasteiger partial charge < -0.3 is 21.2 Å². The molecular formula is C15H15F3N8O2. The zero-order valence-electron chi connectivity index (χ0n) is 14.4. The van der Waals surface area contributed by atoms with Crippen LogP contribution < -0.4 is 16.0 Å². The SMILES string of the molecule is CCNC(=NC#N)NCc1nonc1C(=NO)Nc1cccc(C(F)(F)F)c1. The lowest BCUT2D eigenvalue weighted by Crippen LogP contribution is -2.37. The fourth-order valence-corrected chi connectivity index (χ4v) is 2.07. The van der Waals surface area contributed by atoms with Gasteiger partial charge in [0.05, 0.1) is 12.1 Å². The number of hydrogen-bond donors (Lipinski definition) is 4. The Labute approximate surface area is 156 Å². The van der Waals surface area contributed by atoms with Gasteiger partial charge in [-0.15, -0.1) is 4.99 Å². The van der Waals surface area contributed by atoms with Crippen LogP contribution in [0.3, 0.4) is 0 Å². The molecule has 0 aliphatic carbocycles. The van der Waals surface area contributed by atoms with Gasteiger partial charge in [0.15, 0.2) is 5.69 Å². The van der Waals surface area contributed by atoms with Crippen molar-refractivity contribution in [1.82, 2.24) is 20.9 Å². The van der Waals surface area contributed by atoms with E-state index in [-0.39, 0.29) is 35.4 Å². The van der Waals surface area contributed by atoms with Crippen molar-refractivity contribution in [2.24, 2.45) is 10.1 Å². The maximum Gasteiger partial charge on any atom is 0.416 e. The van der Waals surface area contributed by atoms with E-state index in [2.05, 4.69) is 41.0 Å². The lowest BCUT2D eigenvalue weighted by Gasteiger charge is -2.11. The molecule has 0 bridgehead atoms. The molecule has 1 heterocycles. The maximum atomic E-state index is 12.8. The number of nitriles is 1. The molecule has 0 unspecified atom stereocenters. The lowest BCUT2D eigenvalue weighted by molar-refractivity contribution is -0.137. The number of nitrogens with zero attached hydrogens (tertiary/aromatic N) is 5. The van der Waals surface area contributed by atoms with Gasteiger partial charge in [-0.25, -0.2) is 4.63 Å². The molecule has 0 fully saturated rings. The minimum absolute atomic E-state index is 0.0175. The van der Waals surface area contributed by atoms with Gasteiger partial charge in [-0.05, 0) is 30.3 Å². The van der Waals surface area contributed by atoms with Crippen molar-refractivity contribution in [2.75, 3.05) is 11.9 Å². The van der Waals surface area contributed by atoms with Crippen LogP contribution >= 0.6 is 0 Å². The Morgan fingerprint density at radius 2 is 2.11 bits per heavy atom. The summed E-state index contributed by atoms with van der Waals surface area (Å²) in [7, 11) is 0. The second-order valence-electron chi connectivity index (χ2n) is 5.16. The molecular weight excluding hydrogens is 381 g/mol. The number of amidine groups is 1. The average Bonchev–Trinajstić information content (AvgIpc) is 3.12. The standard InChI is InChI=1S/C15H15F3N8O2/c1-2-20-14(22-8-19)21-7-11-12(26-28-25-11)13(24-27)23-10-5-3-4-9(6-10)15(16,17)18/h3-6,27H,2,7H2,1H3,(H,23,24)(H2,20,21,22). The fraction of sp³-hybridized carbons (Fsp3) is 0.267. The summed E-state index contributed by atoms with van der Waals surface area (Å²) in [5.74, 6) is -0.105. The first-order valence-corrected chi connectivity index (χ1v) is 7.81. The molecule has 0 atom stereocenters. The van der Waals surface area contributed by atoms with Gasteiger partial charge in [-0.2, -0.15) is 18.4 Å². The van der Waals surface area contributed by atoms with Crippen LogP contribution in [0.1, 0.15) is 23.9 Å². The molecule has 0 aliphatic rings. The molecule has 10 nitrogen and oxygen atoms in total. The number of hydrogen-bond acceptors (Lipinski definition) is 7. The van der Waals surface area contributed by atoms with Crippen LogP contribution in [0.5, 0.6) is 0 Å². The Morgan fingerprint density at radius 3 is 2.75 bits per heavy atom. The minimum Gasteiger partial charge on any atom is -0.409 e. The first-order chi connectivity index (χ1) is 13.4. The highest BCUT2D eigenvalue weighted by Gasteiger charge is 2.30. The smallest absolute Gasteiger partial charge is 0.409 e. The van der Waals surface area contributed by atoms with Crippen LogP contribution in [-0.4, -0.2) is 33.9 Å². The molecule has 0 amide bonds. The summed E-state index contributed by atoms with van der Waals surface area (Å²) in [6, 6.07) is 4.31. The van der Waals surface area contributed by atoms with Crippen LogP contribution in [0.25, 0.3) is 0 Å². The highest BCUT2D eigenvalue weighted by atomic mass is 19.4. The van der Waals surface area contributed by atoms with Crippen molar-refractivity contribution in [1.29, 1.82) is 5.26 Å². The Morgan fingerprint density at radius 1 is 1.32 bits per heavy atom. The maximum absolute atomic E-state index is 12.8. The molecule has 2 rings (SSSR count). The summed E-state index contributed by atoms with van der Waals surface area (Å²) < 4.78 is 43.1. The van der Waals surface area contributed by atoms with Crippen LogP contribution in [0.4, 0.5) is 18.9 Å². The predicted molar refractivity (Wildman–Crippen MR) is 91.3 cm³/mol. The number of nitrogens with one attached hydrogen (secondary N) is 3. The molecule has 1 aromatic carbocycles. The molecule has 28 heavy (non-hydrogen) atoms. The average molecular weight is 396 g/mol. The number of halogens is 3. The van der Waals surface area contributed by atoms with E-state index in [9.17, 15) is 18.4 Å². The minimum atomic E-state index is -4.53. The van der Waals surface area contributed by atoms with Gasteiger partial charge in [-0.1, -0.05) is 16.4 Å². The normalized spacial score (nSPS) is 12.4. The fourth-order valence-electron chi connectivity index (χ4n) is 2.07. The molecule has 0 saturated carbocycles. The van der Waals surface area contributed by atoms with Gasteiger partial charge >= 0.3 is 6.18 Å². The first-order valence-electron chi connectivity index (χ1n) is 7.81. The Kier molecular flexibility index (Phi) is 6.74. The number of aromatic nitrogens is 2. The molecule has 0 aliphatic heterocycles. The van der Waals surface area contributed by atoms with Gasteiger partial charge in [0.2, 0.25) is 18.0 Å². The van der Waals surface area contributed by atoms with Crippen molar-refractivity contribution < 1.29 is 23.0 Å². The van der Waals surface area contributed by atoms with E-state index in [0.29, 0.717) is 6.54 Å². The van der Waals surface area contributed by atoms with E-state index < -0.39 is 11.7 Å². The van der Waals surface area contributed by atoms with Gasteiger partial charge in [0.25, 0.3) is 0 Å². The summed E-state index contributed by atoms with van der Waals surface area (Å²) >= 11 is 0. The van der Waals surface area contributed by atoms with E-state index in [1.54, 1.807) is 13.1 Å². The number of alkyl halides is 3. The van der Waals surface area contributed by atoms with E-state index >= 15 is 0 Å². The molecule has 0 saturated heterocycles. The monoisotopic (exact) mass is 396 g/mol. The van der Waals surface area contributed by atoms with E-state index in [1.807, 2.05) is 0 Å². The predicted octanol–water partition coefficient (Wildman–Crippen LogP) is 1.87. The molecule has 2 aromatic rings. The van der Waals surface area contributed by atoms with Crippen LogP contribution in [0.15, 0.2) is 39.0 Å². The van der Waals surface area contributed by atoms with Crippen LogP contribution in [-0.2, 0) is 12.7 Å². The molecule has 4 N–H and O–H groups in total. The lowest BCUT2D eigenvalue weighted by atomic mass is 10.2. The second kappa shape index (κ2) is 9.21. The third kappa shape index (κ3) is 5.34. The summed E-state index contributed by atoms with van der Waals surface area (Å²) in [5, 5.41) is 36.3. The van der Waals surface area contributed by atoms with Crippen LogP contribution in [0, 0.1) is 11.5 Å². The molecule has 148 valence electrons. The largest absolute Gasteiger partial charge is 0.416 e. The number of guanidine groups is 1. The molecule has 0 spiro atoms. The Hall–Kier alpha value is -3.82. The molecule has 0 radical (unpaired) electrons. The van der Waals surface area contributed by atoms with E-state index in [1.165, 1.54) is 12.1 Å². The van der Waals surface area contributed by atoms with E-state index in [0.717, 1.165) is 12.1 Å². The second-order valence-corrected chi connectivity index (χ2v) is 5.16. The summed E-state index contributed by atoms with van der Waals surface area (Å²) in [5.41, 5.74) is -0.738. The number of anilines is 1. The summed E-state index contributed by atoms with van der Waals surface area (Å²) in [4.78, 5) is 3.53. The zero-order valence-corrected chi connectivity index (χ0v) is 14.4. The third-order valence-corrected chi connectivity index (χ3v) is 3.26. The summed E-state index contributed by atoms with van der Waals surface area (Å²) in [6.07, 6.45) is -2.91. The van der Waals surface area contributed by atoms with Crippen molar-refractivity contribution in [3.8, 4) is 6.19 Å². The first kappa shape index (κ1) is 20.5. The van der Waals surface area contributed by atoms with Gasteiger partial charge in [-0.3, -0.25) is 0 Å². The molecule has 13 heteroatoms. The number of rotatable bonds is 5. The van der Waals surface area contributed by atoms with Crippen molar-refractivity contribution in [2.45, 2.75) is 19.6 Å². The third-order valence-electron chi connectivity index (χ3n) is 3.26. The van der Waals surface area contributed by atoms with E-state index in [4.69, 9.17) is 5.26 Å². The van der Waals surface area contributed by atoms with Crippen molar-refractivity contribution in [3.63, 3.8) is 0 Å².